The molecule has 30 heavy (non-hydrogen) atoms. The average molecular weight is 406 g/mol. The second kappa shape index (κ2) is 8.78. The lowest BCUT2D eigenvalue weighted by Crippen LogP contribution is -1.99. The quantitative estimate of drug-likeness (QED) is 0.527. The van der Waals surface area contributed by atoms with E-state index in [9.17, 15) is 9.59 Å². The molecule has 4 rings (SSSR count). The molecule has 0 aliphatic carbocycles. The molecule has 0 unspecified atom stereocenters. The Hall–Kier alpha value is -4.34. The molecule has 0 aromatic carbocycles. The first kappa shape index (κ1) is 20.4. The number of pyridine rings is 2. The number of hydrogen-bond acceptors (Lipinski definition) is 6. The van der Waals surface area contributed by atoms with Crippen LogP contribution >= 0.6 is 0 Å². The van der Waals surface area contributed by atoms with Gasteiger partial charge in [-0.1, -0.05) is 12.1 Å². The van der Waals surface area contributed by atoms with Crippen LogP contribution < -0.4 is 0 Å². The number of carbonyl (C=O) groups is 2. The Bertz CT molecular complexity index is 1070. The van der Waals surface area contributed by atoms with Gasteiger partial charge in [0.05, 0.1) is 22.8 Å². The molecule has 0 saturated heterocycles. The minimum Gasteiger partial charge on any atom is -0.476 e. The molecule has 0 saturated carbocycles. The number of carboxylic acids is 2. The third-order valence-electron chi connectivity index (χ3n) is 4.05. The molecule has 2 N–H and O–H groups in total. The van der Waals surface area contributed by atoms with Crippen molar-refractivity contribution in [1.82, 2.24) is 29.5 Å². The number of rotatable bonds is 4. The summed E-state index contributed by atoms with van der Waals surface area (Å²) in [5.74, 6) is -2.07. The zero-order chi connectivity index (χ0) is 21.7. The highest BCUT2D eigenvalue weighted by Gasteiger charge is 2.13. The van der Waals surface area contributed by atoms with E-state index in [1.165, 1.54) is 21.5 Å². The average Bonchev–Trinajstić information content (AvgIpc) is 3.33. The molecule has 0 aliphatic rings. The van der Waals surface area contributed by atoms with Gasteiger partial charge < -0.3 is 10.2 Å². The van der Waals surface area contributed by atoms with Crippen LogP contribution in [-0.2, 0) is 14.1 Å². The summed E-state index contributed by atoms with van der Waals surface area (Å²) in [5, 5.41) is 25.3. The zero-order valence-electron chi connectivity index (χ0n) is 16.2. The number of hydrogen-bond donors (Lipinski definition) is 2. The van der Waals surface area contributed by atoms with Crippen LogP contribution in [0.3, 0.4) is 0 Å². The molecule has 0 atom stereocenters. The molecule has 152 valence electrons. The molecule has 4 aromatic heterocycles. The maximum absolute atomic E-state index is 10.7. The number of aromatic nitrogens is 6. The Labute approximate surface area is 171 Å². The Balaban J connectivity index is 0.000000171. The van der Waals surface area contributed by atoms with Gasteiger partial charge in [-0.05, 0) is 24.3 Å². The summed E-state index contributed by atoms with van der Waals surface area (Å²) < 4.78 is 3.01. The van der Waals surface area contributed by atoms with Gasteiger partial charge in [-0.3, -0.25) is 19.3 Å². The molecule has 0 spiro atoms. The van der Waals surface area contributed by atoms with Crippen molar-refractivity contribution in [2.24, 2.45) is 14.1 Å². The summed E-state index contributed by atoms with van der Waals surface area (Å²) in [6, 6.07) is 13.9. The van der Waals surface area contributed by atoms with Crippen molar-refractivity contribution in [1.29, 1.82) is 0 Å². The maximum atomic E-state index is 10.7. The largest absolute Gasteiger partial charge is 0.476 e. The van der Waals surface area contributed by atoms with Gasteiger partial charge >= 0.3 is 11.9 Å². The second-order valence-corrected chi connectivity index (χ2v) is 6.12. The Kier molecular flexibility index (Phi) is 5.97. The van der Waals surface area contributed by atoms with Crippen molar-refractivity contribution in [2.75, 3.05) is 0 Å². The molecule has 0 fully saturated rings. The van der Waals surface area contributed by atoms with Gasteiger partial charge in [0.2, 0.25) is 0 Å². The summed E-state index contributed by atoms with van der Waals surface area (Å²) in [6.07, 6.45) is 3.31. The summed E-state index contributed by atoms with van der Waals surface area (Å²) in [5.41, 5.74) is 2.84. The highest BCUT2D eigenvalue weighted by atomic mass is 16.4. The van der Waals surface area contributed by atoms with Crippen molar-refractivity contribution in [2.45, 2.75) is 0 Å². The summed E-state index contributed by atoms with van der Waals surface area (Å²) in [6.45, 7) is 0. The van der Waals surface area contributed by atoms with Crippen LogP contribution in [-0.4, -0.2) is 51.7 Å². The van der Waals surface area contributed by atoms with E-state index < -0.39 is 11.9 Å². The first-order chi connectivity index (χ1) is 14.4. The van der Waals surface area contributed by atoms with Crippen molar-refractivity contribution in [3.63, 3.8) is 0 Å². The highest BCUT2D eigenvalue weighted by Crippen LogP contribution is 2.17. The molecule has 10 heteroatoms. The smallest absolute Gasteiger partial charge is 0.356 e. The minimum atomic E-state index is -1.03. The van der Waals surface area contributed by atoms with E-state index in [1.807, 2.05) is 24.3 Å². The fourth-order valence-electron chi connectivity index (χ4n) is 2.65. The maximum Gasteiger partial charge on any atom is 0.356 e. The lowest BCUT2D eigenvalue weighted by molar-refractivity contribution is 0.0679. The van der Waals surface area contributed by atoms with Crippen molar-refractivity contribution >= 4 is 11.9 Å². The minimum absolute atomic E-state index is 0.0261. The van der Waals surface area contributed by atoms with Crippen LogP contribution in [0.5, 0.6) is 0 Å². The molecule has 0 aliphatic heterocycles. The van der Waals surface area contributed by atoms with Gasteiger partial charge in [-0.2, -0.15) is 10.2 Å². The van der Waals surface area contributed by atoms with Crippen LogP contribution in [0.25, 0.3) is 22.8 Å². The monoisotopic (exact) mass is 406 g/mol. The van der Waals surface area contributed by atoms with Gasteiger partial charge in [0.1, 0.15) is 0 Å². The van der Waals surface area contributed by atoms with E-state index in [0.717, 1.165) is 0 Å². The second-order valence-electron chi connectivity index (χ2n) is 6.12. The highest BCUT2D eigenvalue weighted by molar-refractivity contribution is 5.87. The molecular weight excluding hydrogens is 388 g/mol. The Morgan fingerprint density at radius 3 is 1.40 bits per heavy atom. The predicted molar refractivity (Wildman–Crippen MR) is 107 cm³/mol. The molecule has 10 nitrogen and oxygen atoms in total. The fourth-order valence-corrected chi connectivity index (χ4v) is 2.65. The third-order valence-corrected chi connectivity index (χ3v) is 4.05. The lowest BCUT2D eigenvalue weighted by Gasteiger charge is -1.98. The van der Waals surface area contributed by atoms with Crippen LogP contribution in [0, 0.1) is 0 Å². The zero-order valence-corrected chi connectivity index (χ0v) is 16.2. The molecule has 0 amide bonds. The van der Waals surface area contributed by atoms with E-state index in [4.69, 9.17) is 10.2 Å². The van der Waals surface area contributed by atoms with Gasteiger partial charge in [0.15, 0.2) is 11.4 Å². The molecule has 0 bridgehead atoms. The van der Waals surface area contributed by atoms with E-state index in [2.05, 4.69) is 20.2 Å². The molecule has 4 heterocycles. The van der Waals surface area contributed by atoms with Gasteiger partial charge in [0, 0.05) is 38.6 Å². The van der Waals surface area contributed by atoms with Crippen LogP contribution in [0.15, 0.2) is 60.9 Å². The van der Waals surface area contributed by atoms with Gasteiger partial charge in [-0.15, -0.1) is 0 Å². The number of aryl methyl sites for hydroxylation is 2. The van der Waals surface area contributed by atoms with Crippen LogP contribution in [0.1, 0.15) is 21.0 Å². The van der Waals surface area contributed by atoms with Gasteiger partial charge in [0.25, 0.3) is 0 Å². The SMILES string of the molecule is Cn1nc(C(=O)O)cc1-c1ccccn1.Cn1nc(C(=O)O)cc1-c1ccccn1. The predicted octanol–water partition coefficient (Wildman–Crippen LogP) is 2.36. The van der Waals surface area contributed by atoms with E-state index in [0.29, 0.717) is 22.8 Å². The first-order valence-corrected chi connectivity index (χ1v) is 8.74. The topological polar surface area (TPSA) is 136 Å². The number of aromatic carboxylic acids is 2. The summed E-state index contributed by atoms with van der Waals surface area (Å²) >= 11 is 0. The fraction of sp³-hybridized carbons (Fsp3) is 0.100. The van der Waals surface area contributed by atoms with Crippen LogP contribution in [0.4, 0.5) is 0 Å². The first-order valence-electron chi connectivity index (χ1n) is 8.74. The van der Waals surface area contributed by atoms with Crippen molar-refractivity contribution < 1.29 is 19.8 Å². The van der Waals surface area contributed by atoms with Gasteiger partial charge in [-0.25, -0.2) is 9.59 Å². The number of carboxylic acid groups (broad SMARTS) is 2. The van der Waals surface area contributed by atoms with E-state index in [1.54, 1.807) is 38.6 Å². The standard InChI is InChI=1S/2C10H9N3O2/c2*1-13-9(6-8(12-13)10(14)15)7-4-2-3-5-11-7/h2*2-6H,1H3,(H,14,15). The van der Waals surface area contributed by atoms with Crippen LogP contribution in [0.2, 0.25) is 0 Å². The Morgan fingerprint density at radius 2 is 1.13 bits per heavy atom. The normalized spacial score (nSPS) is 10.2. The number of nitrogens with zero attached hydrogens (tertiary/aromatic N) is 6. The third kappa shape index (κ3) is 4.55. The lowest BCUT2D eigenvalue weighted by atomic mass is 10.2. The summed E-state index contributed by atoms with van der Waals surface area (Å²) in [7, 11) is 3.38. The van der Waals surface area contributed by atoms with E-state index in [-0.39, 0.29) is 11.4 Å². The van der Waals surface area contributed by atoms with E-state index >= 15 is 0 Å². The molecule has 0 radical (unpaired) electrons. The Morgan fingerprint density at radius 1 is 0.733 bits per heavy atom. The molecular formula is C20H18N6O4. The molecule has 4 aromatic rings. The van der Waals surface area contributed by atoms with Crippen molar-refractivity contribution in [3.8, 4) is 22.8 Å². The summed E-state index contributed by atoms with van der Waals surface area (Å²) in [4.78, 5) is 29.7. The van der Waals surface area contributed by atoms with Crippen molar-refractivity contribution in [3.05, 3.63) is 72.3 Å².